The molecule has 106 valence electrons. The molecule has 0 spiro atoms. The summed E-state index contributed by atoms with van der Waals surface area (Å²) in [5, 5.41) is 2.33. The molecule has 0 radical (unpaired) electrons. The SMILES string of the molecule is NC(CSc1ccc(Br)cc1)c1cccc2ccncc12. The largest absolute Gasteiger partial charge is 0.323 e. The zero-order valence-corrected chi connectivity index (χ0v) is 13.8. The molecule has 1 atom stereocenters. The van der Waals surface area contributed by atoms with Crippen molar-refractivity contribution >= 4 is 38.5 Å². The predicted octanol–water partition coefficient (Wildman–Crippen LogP) is 4.79. The minimum absolute atomic E-state index is 0.00783. The van der Waals surface area contributed by atoms with Crippen LogP contribution in [0.2, 0.25) is 0 Å². The number of hydrogen-bond donors (Lipinski definition) is 1. The van der Waals surface area contributed by atoms with Crippen molar-refractivity contribution in [3.63, 3.8) is 0 Å². The van der Waals surface area contributed by atoms with E-state index in [-0.39, 0.29) is 6.04 Å². The lowest BCUT2D eigenvalue weighted by Gasteiger charge is -2.14. The Morgan fingerprint density at radius 1 is 1.10 bits per heavy atom. The molecule has 3 aromatic rings. The second-order valence-electron chi connectivity index (χ2n) is 4.82. The second kappa shape index (κ2) is 6.60. The molecule has 0 saturated heterocycles. The van der Waals surface area contributed by atoms with E-state index in [0.29, 0.717) is 0 Å². The molecule has 0 saturated carbocycles. The number of halogens is 1. The first-order valence-corrected chi connectivity index (χ1v) is 8.48. The van der Waals surface area contributed by atoms with Gasteiger partial charge in [0.25, 0.3) is 0 Å². The van der Waals surface area contributed by atoms with Crippen LogP contribution in [0.1, 0.15) is 11.6 Å². The molecule has 0 bridgehead atoms. The average Bonchev–Trinajstić information content (AvgIpc) is 2.53. The van der Waals surface area contributed by atoms with Crippen molar-refractivity contribution in [2.75, 3.05) is 5.75 Å². The van der Waals surface area contributed by atoms with Crippen LogP contribution in [-0.4, -0.2) is 10.7 Å². The summed E-state index contributed by atoms with van der Waals surface area (Å²) in [5.74, 6) is 0.843. The molecule has 0 amide bonds. The first kappa shape index (κ1) is 14.6. The van der Waals surface area contributed by atoms with Gasteiger partial charge in [0.1, 0.15) is 0 Å². The molecular formula is C17H15BrN2S. The number of hydrogen-bond acceptors (Lipinski definition) is 3. The fraction of sp³-hybridized carbons (Fsp3) is 0.118. The maximum Gasteiger partial charge on any atom is 0.0397 e. The van der Waals surface area contributed by atoms with Gasteiger partial charge in [0.05, 0.1) is 0 Å². The Kier molecular flexibility index (Phi) is 4.58. The van der Waals surface area contributed by atoms with Crippen LogP contribution in [0, 0.1) is 0 Å². The average molecular weight is 359 g/mol. The highest BCUT2D eigenvalue weighted by Crippen LogP contribution is 2.28. The molecule has 2 aromatic carbocycles. The summed E-state index contributed by atoms with van der Waals surface area (Å²) in [7, 11) is 0. The van der Waals surface area contributed by atoms with Gasteiger partial charge in [-0.1, -0.05) is 34.1 Å². The Balaban J connectivity index is 1.78. The van der Waals surface area contributed by atoms with Crippen LogP contribution in [0.25, 0.3) is 10.8 Å². The highest BCUT2D eigenvalue weighted by Gasteiger charge is 2.10. The summed E-state index contributed by atoms with van der Waals surface area (Å²) < 4.78 is 1.09. The van der Waals surface area contributed by atoms with Crippen LogP contribution in [0.5, 0.6) is 0 Å². The summed E-state index contributed by atoms with van der Waals surface area (Å²) in [6, 6.07) is 16.6. The smallest absolute Gasteiger partial charge is 0.0397 e. The van der Waals surface area contributed by atoms with Crippen LogP contribution in [-0.2, 0) is 0 Å². The molecule has 1 aromatic heterocycles. The van der Waals surface area contributed by atoms with E-state index in [4.69, 9.17) is 5.73 Å². The third kappa shape index (κ3) is 3.46. The molecule has 1 heterocycles. The van der Waals surface area contributed by atoms with Crippen molar-refractivity contribution in [2.45, 2.75) is 10.9 Å². The summed E-state index contributed by atoms with van der Waals surface area (Å²) in [6.07, 6.45) is 3.71. The molecule has 4 heteroatoms. The maximum atomic E-state index is 6.38. The van der Waals surface area contributed by atoms with Gasteiger partial charge in [0, 0.05) is 38.9 Å². The predicted molar refractivity (Wildman–Crippen MR) is 93.5 cm³/mol. The molecule has 0 aliphatic carbocycles. The van der Waals surface area contributed by atoms with Gasteiger partial charge in [-0.3, -0.25) is 4.98 Å². The summed E-state index contributed by atoms with van der Waals surface area (Å²) in [4.78, 5) is 5.45. The van der Waals surface area contributed by atoms with Gasteiger partial charge in [-0.25, -0.2) is 0 Å². The van der Waals surface area contributed by atoms with Crippen LogP contribution in [0.3, 0.4) is 0 Å². The normalized spacial score (nSPS) is 12.5. The van der Waals surface area contributed by atoms with Crippen molar-refractivity contribution in [3.8, 4) is 0 Å². The Labute approximate surface area is 136 Å². The quantitative estimate of drug-likeness (QED) is 0.681. The first-order chi connectivity index (χ1) is 10.2. The maximum absolute atomic E-state index is 6.38. The van der Waals surface area contributed by atoms with E-state index in [9.17, 15) is 0 Å². The summed E-state index contributed by atoms with van der Waals surface area (Å²) >= 11 is 5.22. The highest BCUT2D eigenvalue weighted by molar-refractivity contribution is 9.10. The standard InChI is InChI=1S/C17H15BrN2S/c18-13-4-6-14(7-5-13)21-11-17(19)15-3-1-2-12-8-9-20-10-16(12)15/h1-10,17H,11,19H2. The number of rotatable bonds is 4. The zero-order valence-electron chi connectivity index (χ0n) is 11.4. The minimum atomic E-state index is -0.00783. The number of thioether (sulfide) groups is 1. The number of nitrogens with two attached hydrogens (primary N) is 1. The van der Waals surface area contributed by atoms with Crippen LogP contribution in [0.15, 0.2) is 70.3 Å². The zero-order chi connectivity index (χ0) is 14.7. The lowest BCUT2D eigenvalue weighted by Crippen LogP contribution is -2.13. The van der Waals surface area contributed by atoms with E-state index in [1.54, 1.807) is 11.8 Å². The van der Waals surface area contributed by atoms with E-state index in [1.165, 1.54) is 10.3 Å². The minimum Gasteiger partial charge on any atom is -0.323 e. The first-order valence-electron chi connectivity index (χ1n) is 6.70. The topological polar surface area (TPSA) is 38.9 Å². The van der Waals surface area contributed by atoms with Gasteiger partial charge in [0.15, 0.2) is 0 Å². The van der Waals surface area contributed by atoms with Gasteiger partial charge in [-0.15, -0.1) is 11.8 Å². The van der Waals surface area contributed by atoms with Gasteiger partial charge < -0.3 is 5.73 Å². The van der Waals surface area contributed by atoms with Crippen molar-refractivity contribution in [2.24, 2.45) is 5.73 Å². The van der Waals surface area contributed by atoms with Crippen LogP contribution < -0.4 is 5.73 Å². The van der Waals surface area contributed by atoms with E-state index in [2.05, 4.69) is 63.4 Å². The Morgan fingerprint density at radius 3 is 2.71 bits per heavy atom. The van der Waals surface area contributed by atoms with Crippen molar-refractivity contribution in [1.29, 1.82) is 0 Å². The van der Waals surface area contributed by atoms with E-state index in [0.717, 1.165) is 21.2 Å². The molecule has 3 rings (SSSR count). The lowest BCUT2D eigenvalue weighted by molar-refractivity contribution is 0.839. The third-order valence-electron chi connectivity index (χ3n) is 3.36. The second-order valence-corrected chi connectivity index (χ2v) is 6.82. The molecular weight excluding hydrogens is 344 g/mol. The Bertz CT molecular complexity index is 738. The monoisotopic (exact) mass is 358 g/mol. The van der Waals surface area contributed by atoms with Gasteiger partial charge >= 0.3 is 0 Å². The van der Waals surface area contributed by atoms with Crippen molar-refractivity contribution in [1.82, 2.24) is 4.98 Å². The van der Waals surface area contributed by atoms with E-state index in [1.807, 2.05) is 18.5 Å². The number of fused-ring (bicyclic) bond motifs is 1. The van der Waals surface area contributed by atoms with Gasteiger partial charge in [-0.05, 0) is 41.3 Å². The molecule has 0 aliphatic rings. The van der Waals surface area contributed by atoms with Crippen LogP contribution in [0.4, 0.5) is 0 Å². The molecule has 2 N–H and O–H groups in total. The number of aromatic nitrogens is 1. The van der Waals surface area contributed by atoms with Crippen LogP contribution >= 0.6 is 27.7 Å². The number of benzene rings is 2. The van der Waals surface area contributed by atoms with Crippen molar-refractivity contribution < 1.29 is 0 Å². The van der Waals surface area contributed by atoms with Crippen molar-refractivity contribution in [3.05, 3.63) is 71.0 Å². The lowest BCUT2D eigenvalue weighted by atomic mass is 10.0. The Hall–Kier alpha value is -1.36. The van der Waals surface area contributed by atoms with Gasteiger partial charge in [0.2, 0.25) is 0 Å². The fourth-order valence-electron chi connectivity index (χ4n) is 2.27. The molecule has 0 fully saturated rings. The molecule has 1 unspecified atom stereocenters. The number of pyridine rings is 1. The Morgan fingerprint density at radius 2 is 1.90 bits per heavy atom. The number of nitrogens with zero attached hydrogens (tertiary/aromatic N) is 1. The van der Waals surface area contributed by atoms with E-state index >= 15 is 0 Å². The van der Waals surface area contributed by atoms with E-state index < -0.39 is 0 Å². The summed E-state index contributed by atoms with van der Waals surface area (Å²) in [5.41, 5.74) is 7.54. The fourth-order valence-corrected chi connectivity index (χ4v) is 3.41. The molecule has 2 nitrogen and oxygen atoms in total. The molecule has 21 heavy (non-hydrogen) atoms. The molecule has 0 aliphatic heterocycles. The highest BCUT2D eigenvalue weighted by atomic mass is 79.9. The van der Waals surface area contributed by atoms with Gasteiger partial charge in [-0.2, -0.15) is 0 Å². The summed E-state index contributed by atoms with van der Waals surface area (Å²) in [6.45, 7) is 0. The third-order valence-corrected chi connectivity index (χ3v) is 5.02.